The third-order valence-electron chi connectivity index (χ3n) is 4.15. The number of carbonyl (C=O) groups is 1. The fourth-order valence-electron chi connectivity index (χ4n) is 2.65. The zero-order valence-corrected chi connectivity index (χ0v) is 13.8. The van der Waals surface area contributed by atoms with Crippen molar-refractivity contribution >= 4 is 27.9 Å². The number of halogens is 1. The Bertz CT molecular complexity index is 514. The van der Waals surface area contributed by atoms with E-state index in [1.165, 1.54) is 5.56 Å². The highest BCUT2D eigenvalue weighted by molar-refractivity contribution is 9.10. The number of hydrogen-bond donors (Lipinski definition) is 0. The van der Waals surface area contributed by atoms with Crippen LogP contribution < -0.4 is 0 Å². The molecular weight excluding hydrogens is 328 g/mol. The molecular formula is C17H21BrN2O. The van der Waals surface area contributed by atoms with E-state index in [0.29, 0.717) is 11.8 Å². The minimum absolute atomic E-state index is 0.355. The highest BCUT2D eigenvalue weighted by atomic mass is 79.9. The molecule has 2 aliphatic rings. The number of rotatable bonds is 4. The fourth-order valence-corrected chi connectivity index (χ4v) is 2.92. The van der Waals surface area contributed by atoms with Gasteiger partial charge in [0, 0.05) is 43.1 Å². The predicted octanol–water partition coefficient (Wildman–Crippen LogP) is 3.02. The lowest BCUT2D eigenvalue weighted by Gasteiger charge is -2.34. The van der Waals surface area contributed by atoms with Gasteiger partial charge in [-0.15, -0.1) is 0 Å². The minimum atomic E-state index is 0.355. The molecule has 0 bridgehead atoms. The summed E-state index contributed by atoms with van der Waals surface area (Å²) in [7, 11) is 0. The van der Waals surface area contributed by atoms with Gasteiger partial charge in [-0.3, -0.25) is 9.69 Å². The van der Waals surface area contributed by atoms with Gasteiger partial charge in [-0.05, 0) is 30.5 Å². The van der Waals surface area contributed by atoms with Crippen molar-refractivity contribution < 1.29 is 4.79 Å². The Labute approximate surface area is 134 Å². The van der Waals surface area contributed by atoms with E-state index in [2.05, 4.69) is 57.2 Å². The van der Waals surface area contributed by atoms with Crippen molar-refractivity contribution in [1.82, 2.24) is 9.80 Å². The van der Waals surface area contributed by atoms with Crippen molar-refractivity contribution in [3.63, 3.8) is 0 Å². The van der Waals surface area contributed by atoms with Crippen LogP contribution >= 0.6 is 15.9 Å². The summed E-state index contributed by atoms with van der Waals surface area (Å²) in [6, 6.07) is 8.32. The molecule has 1 heterocycles. The summed E-state index contributed by atoms with van der Waals surface area (Å²) >= 11 is 3.44. The molecule has 1 aromatic rings. The number of hydrogen-bond acceptors (Lipinski definition) is 2. The summed E-state index contributed by atoms with van der Waals surface area (Å²) in [6.07, 6.45) is 6.58. The first kappa shape index (κ1) is 14.8. The molecule has 0 N–H and O–H groups in total. The summed E-state index contributed by atoms with van der Waals surface area (Å²) in [5, 5.41) is 0. The summed E-state index contributed by atoms with van der Waals surface area (Å²) in [4.78, 5) is 16.4. The average molecular weight is 349 g/mol. The van der Waals surface area contributed by atoms with Gasteiger partial charge in [-0.1, -0.05) is 40.2 Å². The SMILES string of the molecule is O=C(C1CC1)N1CCN(C/C=C/c2ccc(Br)cc2)CC1. The Kier molecular flexibility index (Phi) is 4.76. The Morgan fingerprint density at radius 2 is 1.81 bits per heavy atom. The largest absolute Gasteiger partial charge is 0.340 e. The molecule has 3 nitrogen and oxygen atoms in total. The smallest absolute Gasteiger partial charge is 0.225 e. The standard InChI is InChI=1S/C17H21BrN2O/c18-16-7-3-14(4-8-16)2-1-9-19-10-12-20(13-11-19)17(21)15-5-6-15/h1-4,7-8,15H,5-6,9-13H2/b2-1+. The molecule has 0 unspecified atom stereocenters. The molecule has 3 rings (SSSR count). The van der Waals surface area contributed by atoms with Crippen LogP contribution in [0.2, 0.25) is 0 Å². The van der Waals surface area contributed by atoms with Gasteiger partial charge in [-0.25, -0.2) is 0 Å². The third-order valence-corrected chi connectivity index (χ3v) is 4.68. The van der Waals surface area contributed by atoms with E-state index >= 15 is 0 Å². The molecule has 1 aliphatic heterocycles. The quantitative estimate of drug-likeness (QED) is 0.834. The molecule has 21 heavy (non-hydrogen) atoms. The fraction of sp³-hybridized carbons (Fsp3) is 0.471. The van der Waals surface area contributed by atoms with E-state index in [0.717, 1.165) is 50.0 Å². The Morgan fingerprint density at radius 3 is 2.43 bits per heavy atom. The van der Waals surface area contributed by atoms with Gasteiger partial charge >= 0.3 is 0 Å². The first-order valence-electron chi connectivity index (χ1n) is 7.65. The average Bonchev–Trinajstić information content (AvgIpc) is 3.34. The van der Waals surface area contributed by atoms with Crippen molar-refractivity contribution in [2.24, 2.45) is 5.92 Å². The van der Waals surface area contributed by atoms with Crippen LogP contribution in [0.1, 0.15) is 18.4 Å². The molecule has 1 saturated carbocycles. The summed E-state index contributed by atoms with van der Waals surface area (Å²) in [5.41, 5.74) is 1.22. The second-order valence-corrected chi connectivity index (χ2v) is 6.77. The molecule has 0 spiro atoms. The first-order chi connectivity index (χ1) is 10.2. The van der Waals surface area contributed by atoms with Gasteiger partial charge in [0.1, 0.15) is 0 Å². The van der Waals surface area contributed by atoms with Gasteiger partial charge in [0.15, 0.2) is 0 Å². The minimum Gasteiger partial charge on any atom is -0.340 e. The van der Waals surface area contributed by atoms with Crippen LogP contribution in [-0.4, -0.2) is 48.4 Å². The number of amides is 1. The predicted molar refractivity (Wildman–Crippen MR) is 88.9 cm³/mol. The maximum absolute atomic E-state index is 12.0. The summed E-state index contributed by atoms with van der Waals surface area (Å²) in [5.74, 6) is 0.744. The first-order valence-corrected chi connectivity index (χ1v) is 8.45. The Balaban J connectivity index is 1.42. The van der Waals surface area contributed by atoms with Gasteiger partial charge < -0.3 is 4.90 Å². The highest BCUT2D eigenvalue weighted by Gasteiger charge is 2.34. The van der Waals surface area contributed by atoms with E-state index in [9.17, 15) is 4.79 Å². The van der Waals surface area contributed by atoms with Gasteiger partial charge in [-0.2, -0.15) is 0 Å². The van der Waals surface area contributed by atoms with Crippen molar-refractivity contribution in [3.05, 3.63) is 40.4 Å². The number of nitrogens with zero attached hydrogens (tertiary/aromatic N) is 2. The Hall–Kier alpha value is -1.13. The van der Waals surface area contributed by atoms with Crippen LogP contribution in [0.15, 0.2) is 34.8 Å². The van der Waals surface area contributed by atoms with E-state index in [-0.39, 0.29) is 0 Å². The van der Waals surface area contributed by atoms with E-state index < -0.39 is 0 Å². The molecule has 0 radical (unpaired) electrons. The number of benzene rings is 1. The molecule has 0 aromatic heterocycles. The highest BCUT2D eigenvalue weighted by Crippen LogP contribution is 2.31. The van der Waals surface area contributed by atoms with Crippen LogP contribution in [-0.2, 0) is 4.79 Å². The molecule has 1 aliphatic carbocycles. The number of carbonyl (C=O) groups excluding carboxylic acids is 1. The summed E-state index contributed by atoms with van der Waals surface area (Å²) in [6.45, 7) is 4.72. The zero-order valence-electron chi connectivity index (χ0n) is 12.2. The lowest BCUT2D eigenvalue weighted by Crippen LogP contribution is -2.49. The lowest BCUT2D eigenvalue weighted by atomic mass is 10.2. The van der Waals surface area contributed by atoms with Crippen molar-refractivity contribution in [3.8, 4) is 0 Å². The van der Waals surface area contributed by atoms with Gasteiger partial charge in [0.2, 0.25) is 5.91 Å². The monoisotopic (exact) mass is 348 g/mol. The molecule has 1 aromatic carbocycles. The van der Waals surface area contributed by atoms with Gasteiger partial charge in [0.05, 0.1) is 0 Å². The maximum Gasteiger partial charge on any atom is 0.225 e. The molecule has 112 valence electrons. The van der Waals surface area contributed by atoms with Crippen LogP contribution in [0, 0.1) is 5.92 Å². The zero-order chi connectivity index (χ0) is 14.7. The van der Waals surface area contributed by atoms with Crippen molar-refractivity contribution in [2.75, 3.05) is 32.7 Å². The molecule has 2 fully saturated rings. The lowest BCUT2D eigenvalue weighted by molar-refractivity contribution is -0.134. The second kappa shape index (κ2) is 6.75. The van der Waals surface area contributed by atoms with Crippen LogP contribution in [0.25, 0.3) is 6.08 Å². The molecule has 0 atom stereocenters. The van der Waals surface area contributed by atoms with E-state index in [4.69, 9.17) is 0 Å². The van der Waals surface area contributed by atoms with Crippen LogP contribution in [0.3, 0.4) is 0 Å². The normalized spacial score (nSPS) is 20.1. The van der Waals surface area contributed by atoms with E-state index in [1.54, 1.807) is 0 Å². The van der Waals surface area contributed by atoms with Gasteiger partial charge in [0.25, 0.3) is 0 Å². The topological polar surface area (TPSA) is 23.6 Å². The van der Waals surface area contributed by atoms with Crippen LogP contribution in [0.4, 0.5) is 0 Å². The van der Waals surface area contributed by atoms with Crippen molar-refractivity contribution in [1.29, 1.82) is 0 Å². The Morgan fingerprint density at radius 1 is 1.14 bits per heavy atom. The van der Waals surface area contributed by atoms with Crippen molar-refractivity contribution in [2.45, 2.75) is 12.8 Å². The maximum atomic E-state index is 12.0. The molecule has 1 saturated heterocycles. The second-order valence-electron chi connectivity index (χ2n) is 5.85. The van der Waals surface area contributed by atoms with Crippen LogP contribution in [0.5, 0.6) is 0 Å². The third kappa shape index (κ3) is 4.17. The summed E-state index contributed by atoms with van der Waals surface area (Å²) < 4.78 is 1.11. The molecule has 4 heteroatoms. The number of piperazine rings is 1. The molecule has 1 amide bonds. The van der Waals surface area contributed by atoms with E-state index in [1.807, 2.05) is 4.90 Å².